The Labute approximate surface area is 128 Å². The molecule has 5 nitrogen and oxygen atoms in total. The normalized spacial score (nSPS) is 16.8. The highest BCUT2D eigenvalue weighted by Crippen LogP contribution is 2.36. The summed E-state index contributed by atoms with van der Waals surface area (Å²) in [6.45, 7) is 1.98. The van der Waals surface area contributed by atoms with E-state index in [9.17, 15) is 4.79 Å². The summed E-state index contributed by atoms with van der Waals surface area (Å²) in [4.78, 5) is 10.9. The van der Waals surface area contributed by atoms with E-state index in [1.54, 1.807) is 24.3 Å². The van der Waals surface area contributed by atoms with Gasteiger partial charge in [0.2, 0.25) is 0 Å². The van der Waals surface area contributed by atoms with Gasteiger partial charge in [-0.15, -0.1) is 0 Å². The van der Waals surface area contributed by atoms with Gasteiger partial charge in [0.15, 0.2) is 0 Å². The first-order valence-corrected chi connectivity index (χ1v) is 7.41. The highest BCUT2D eigenvalue weighted by Gasteiger charge is 2.27. The molecule has 5 heteroatoms. The molecular formula is C17H17N3O2. The van der Waals surface area contributed by atoms with E-state index >= 15 is 0 Å². The second-order valence-corrected chi connectivity index (χ2v) is 5.66. The lowest BCUT2D eigenvalue weighted by Gasteiger charge is -2.21. The number of aromatic carboxylic acids is 1. The topological polar surface area (TPSA) is 78.9 Å². The van der Waals surface area contributed by atoms with Crippen LogP contribution in [0, 0.1) is 18.3 Å². The molecule has 1 aliphatic carbocycles. The maximum atomic E-state index is 10.9. The fraction of sp³-hybridized carbons (Fsp3) is 0.353. The molecule has 0 fully saturated rings. The molecule has 1 aromatic carbocycles. The number of fused-ring (bicyclic) bond motifs is 1. The van der Waals surface area contributed by atoms with Crippen molar-refractivity contribution in [2.24, 2.45) is 0 Å². The average Bonchev–Trinajstić information content (AvgIpc) is 2.86. The van der Waals surface area contributed by atoms with Crippen LogP contribution >= 0.6 is 0 Å². The molecule has 1 aromatic heterocycles. The Morgan fingerprint density at radius 2 is 2.18 bits per heavy atom. The molecule has 1 heterocycles. The number of nitrogens with zero attached hydrogens (tertiary/aromatic N) is 3. The summed E-state index contributed by atoms with van der Waals surface area (Å²) in [5.41, 5.74) is 4.47. The lowest BCUT2D eigenvalue weighted by atomic mass is 9.83. The Morgan fingerprint density at radius 1 is 1.45 bits per heavy atom. The first-order chi connectivity index (χ1) is 10.6. The average molecular weight is 295 g/mol. The lowest BCUT2D eigenvalue weighted by Crippen LogP contribution is -2.12. The van der Waals surface area contributed by atoms with Crippen LogP contribution in [0.5, 0.6) is 0 Å². The van der Waals surface area contributed by atoms with Gasteiger partial charge in [-0.1, -0.05) is 0 Å². The molecule has 0 saturated heterocycles. The van der Waals surface area contributed by atoms with Crippen molar-refractivity contribution in [3.63, 3.8) is 0 Å². The van der Waals surface area contributed by atoms with Gasteiger partial charge in [-0.3, -0.25) is 0 Å². The van der Waals surface area contributed by atoms with Crippen LogP contribution < -0.4 is 0 Å². The van der Waals surface area contributed by atoms with Gasteiger partial charge in [-0.05, 0) is 50.5 Å². The van der Waals surface area contributed by atoms with Crippen molar-refractivity contribution in [3.05, 3.63) is 46.8 Å². The van der Waals surface area contributed by atoms with E-state index in [1.165, 1.54) is 5.56 Å². The second-order valence-electron chi connectivity index (χ2n) is 5.66. The predicted octanol–water partition coefficient (Wildman–Crippen LogP) is 3.21. The van der Waals surface area contributed by atoms with E-state index in [0.717, 1.165) is 36.3 Å². The third-order valence-corrected chi connectivity index (χ3v) is 4.28. The Hall–Kier alpha value is -2.61. The highest BCUT2D eigenvalue weighted by molar-refractivity contribution is 5.87. The maximum absolute atomic E-state index is 10.9. The van der Waals surface area contributed by atoms with Gasteiger partial charge < -0.3 is 5.11 Å². The molecule has 0 amide bonds. The van der Waals surface area contributed by atoms with Crippen LogP contribution in [0.4, 0.5) is 0 Å². The van der Waals surface area contributed by atoms with Crippen molar-refractivity contribution in [2.45, 2.75) is 38.5 Å². The summed E-state index contributed by atoms with van der Waals surface area (Å²) in [6.07, 6.45) is 3.55. The number of carboxylic acids is 1. The van der Waals surface area contributed by atoms with E-state index < -0.39 is 5.97 Å². The molecule has 1 atom stereocenters. The molecule has 0 radical (unpaired) electrons. The molecule has 3 rings (SSSR count). The molecular weight excluding hydrogens is 278 g/mol. The zero-order valence-electron chi connectivity index (χ0n) is 12.4. The molecule has 0 bridgehead atoms. The first-order valence-electron chi connectivity index (χ1n) is 7.41. The SMILES string of the molecule is Cc1nn(-c2ccc(C(=O)O)cc2)c2c1C(CC#N)CCC2. The molecule has 2 aromatic rings. The minimum Gasteiger partial charge on any atom is -0.478 e. The lowest BCUT2D eigenvalue weighted by molar-refractivity contribution is 0.0697. The van der Waals surface area contributed by atoms with Crippen molar-refractivity contribution in [2.75, 3.05) is 0 Å². The third-order valence-electron chi connectivity index (χ3n) is 4.28. The Kier molecular flexibility index (Phi) is 3.68. The molecule has 0 saturated carbocycles. The van der Waals surface area contributed by atoms with Crippen LogP contribution in [0.15, 0.2) is 24.3 Å². The van der Waals surface area contributed by atoms with Crippen LogP contribution in [-0.2, 0) is 6.42 Å². The summed E-state index contributed by atoms with van der Waals surface area (Å²) in [6, 6.07) is 9.02. The van der Waals surface area contributed by atoms with Crippen LogP contribution in [0.25, 0.3) is 5.69 Å². The standard InChI is InChI=1S/C17H17N3O2/c1-11-16-12(9-10-18)3-2-4-15(16)20(19-11)14-7-5-13(6-8-14)17(21)22/h5-8,12H,2-4,9H2,1H3,(H,21,22). The summed E-state index contributed by atoms with van der Waals surface area (Å²) in [5.74, 6) is -0.667. The number of hydrogen-bond donors (Lipinski definition) is 1. The first kappa shape index (κ1) is 14.3. The Bertz CT molecular complexity index is 753. The Balaban J connectivity index is 2.04. The number of carboxylic acid groups (broad SMARTS) is 1. The number of carbonyl (C=O) groups is 1. The molecule has 1 unspecified atom stereocenters. The van der Waals surface area contributed by atoms with Crippen molar-refractivity contribution in [1.82, 2.24) is 9.78 Å². The van der Waals surface area contributed by atoms with Crippen molar-refractivity contribution in [3.8, 4) is 11.8 Å². The monoisotopic (exact) mass is 295 g/mol. The van der Waals surface area contributed by atoms with Crippen LogP contribution in [0.2, 0.25) is 0 Å². The smallest absolute Gasteiger partial charge is 0.335 e. The van der Waals surface area contributed by atoms with Gasteiger partial charge in [0, 0.05) is 23.6 Å². The van der Waals surface area contributed by atoms with E-state index in [4.69, 9.17) is 10.4 Å². The number of rotatable bonds is 3. The molecule has 1 aliphatic rings. The van der Waals surface area contributed by atoms with Gasteiger partial charge in [0.05, 0.1) is 23.0 Å². The van der Waals surface area contributed by atoms with E-state index in [1.807, 2.05) is 11.6 Å². The third kappa shape index (κ3) is 2.37. The fourth-order valence-corrected chi connectivity index (χ4v) is 3.29. The second kappa shape index (κ2) is 5.64. The summed E-state index contributed by atoms with van der Waals surface area (Å²) in [5, 5.41) is 22.6. The molecule has 22 heavy (non-hydrogen) atoms. The van der Waals surface area contributed by atoms with E-state index in [0.29, 0.717) is 6.42 Å². The molecule has 1 N–H and O–H groups in total. The van der Waals surface area contributed by atoms with Crippen molar-refractivity contribution >= 4 is 5.97 Å². The number of hydrogen-bond acceptors (Lipinski definition) is 3. The number of benzene rings is 1. The largest absolute Gasteiger partial charge is 0.478 e. The van der Waals surface area contributed by atoms with Gasteiger partial charge in [-0.2, -0.15) is 10.4 Å². The van der Waals surface area contributed by atoms with Gasteiger partial charge in [0.1, 0.15) is 0 Å². The summed E-state index contributed by atoms with van der Waals surface area (Å²) >= 11 is 0. The highest BCUT2D eigenvalue weighted by atomic mass is 16.4. The van der Waals surface area contributed by atoms with Crippen molar-refractivity contribution < 1.29 is 9.90 Å². The molecule has 0 spiro atoms. The number of aromatic nitrogens is 2. The van der Waals surface area contributed by atoms with Gasteiger partial charge >= 0.3 is 5.97 Å². The van der Waals surface area contributed by atoms with E-state index in [2.05, 4.69) is 11.2 Å². The van der Waals surface area contributed by atoms with Crippen molar-refractivity contribution in [1.29, 1.82) is 5.26 Å². The minimum atomic E-state index is -0.931. The summed E-state index contributed by atoms with van der Waals surface area (Å²) in [7, 11) is 0. The number of aryl methyl sites for hydroxylation is 1. The Morgan fingerprint density at radius 3 is 2.82 bits per heavy atom. The molecule has 0 aliphatic heterocycles. The fourth-order valence-electron chi connectivity index (χ4n) is 3.29. The zero-order valence-corrected chi connectivity index (χ0v) is 12.4. The quantitative estimate of drug-likeness (QED) is 0.943. The zero-order chi connectivity index (χ0) is 15.7. The van der Waals surface area contributed by atoms with Crippen LogP contribution in [-0.4, -0.2) is 20.9 Å². The number of nitriles is 1. The van der Waals surface area contributed by atoms with Crippen LogP contribution in [0.3, 0.4) is 0 Å². The molecule has 112 valence electrons. The summed E-state index contributed by atoms with van der Waals surface area (Å²) < 4.78 is 1.90. The van der Waals surface area contributed by atoms with E-state index in [-0.39, 0.29) is 11.5 Å². The maximum Gasteiger partial charge on any atom is 0.335 e. The van der Waals surface area contributed by atoms with Gasteiger partial charge in [-0.25, -0.2) is 9.48 Å². The van der Waals surface area contributed by atoms with Crippen LogP contribution in [0.1, 0.15) is 52.5 Å². The minimum absolute atomic E-state index is 0.265. The predicted molar refractivity (Wildman–Crippen MR) is 81.2 cm³/mol. The van der Waals surface area contributed by atoms with Gasteiger partial charge in [0.25, 0.3) is 0 Å².